The summed E-state index contributed by atoms with van der Waals surface area (Å²) in [6.07, 6.45) is 0. The Balaban J connectivity index is 2.74. The minimum Gasteiger partial charge on any atom is -0.383 e. The molecule has 15 heavy (non-hydrogen) atoms. The zero-order chi connectivity index (χ0) is 11.4. The van der Waals surface area contributed by atoms with Crippen LogP contribution in [0.4, 0.5) is 0 Å². The van der Waals surface area contributed by atoms with Gasteiger partial charge in [-0.3, -0.25) is 4.68 Å². The van der Waals surface area contributed by atoms with Gasteiger partial charge in [0.05, 0.1) is 11.6 Å². The van der Waals surface area contributed by atoms with Crippen molar-refractivity contribution < 1.29 is 9.63 Å². The van der Waals surface area contributed by atoms with Gasteiger partial charge in [-0.05, 0) is 13.0 Å². The van der Waals surface area contributed by atoms with Gasteiger partial charge in [0.2, 0.25) is 0 Å². The minimum absolute atomic E-state index is 0.0116. The van der Waals surface area contributed by atoms with Gasteiger partial charge in [-0.25, -0.2) is 4.79 Å². The second-order valence-corrected chi connectivity index (χ2v) is 3.16. The number of hydrogen-bond donors (Lipinski definition) is 1. The number of hydrogen-bond acceptors (Lipinski definition) is 4. The molecule has 6 nitrogen and oxygen atoms in total. The molecule has 1 rings (SSSR count). The summed E-state index contributed by atoms with van der Waals surface area (Å²) in [7, 11) is 1.64. The van der Waals surface area contributed by atoms with Gasteiger partial charge in [0.1, 0.15) is 5.69 Å². The number of alkyl halides is 1. The van der Waals surface area contributed by atoms with Crippen LogP contribution in [0.3, 0.4) is 0 Å². The van der Waals surface area contributed by atoms with Crippen LogP contribution in [-0.4, -0.2) is 27.5 Å². The van der Waals surface area contributed by atoms with Gasteiger partial charge in [0.25, 0.3) is 0 Å². The van der Waals surface area contributed by atoms with Crippen molar-refractivity contribution in [2.75, 3.05) is 5.88 Å². The lowest BCUT2D eigenvalue weighted by Gasteiger charge is -1.98. The molecule has 0 aromatic carbocycles. The van der Waals surface area contributed by atoms with Gasteiger partial charge in [0, 0.05) is 7.05 Å². The van der Waals surface area contributed by atoms with E-state index in [2.05, 4.69) is 15.1 Å². The van der Waals surface area contributed by atoms with Crippen molar-refractivity contribution in [3.05, 3.63) is 17.5 Å². The predicted octanol–water partition coefficient (Wildman–Crippen LogP) is 0.396. The quantitative estimate of drug-likeness (QED) is 0.268. The summed E-state index contributed by atoms with van der Waals surface area (Å²) in [6, 6.07) is 1.59. The lowest BCUT2D eigenvalue weighted by atomic mass is 10.4. The van der Waals surface area contributed by atoms with Gasteiger partial charge in [-0.1, -0.05) is 5.16 Å². The summed E-state index contributed by atoms with van der Waals surface area (Å²) in [5.41, 5.74) is 6.29. The number of carbonyl (C=O) groups is 1. The van der Waals surface area contributed by atoms with Crippen molar-refractivity contribution in [1.29, 1.82) is 0 Å². The lowest BCUT2D eigenvalue weighted by Crippen LogP contribution is -2.16. The van der Waals surface area contributed by atoms with Crippen molar-refractivity contribution in [2.45, 2.75) is 6.92 Å². The number of halogens is 1. The summed E-state index contributed by atoms with van der Waals surface area (Å²) >= 11 is 5.35. The molecular formula is C8H11ClN4O2. The van der Waals surface area contributed by atoms with Crippen LogP contribution in [0.1, 0.15) is 16.2 Å². The summed E-state index contributed by atoms with van der Waals surface area (Å²) in [4.78, 5) is 16.0. The first kappa shape index (κ1) is 11.5. The number of carbonyl (C=O) groups excluding carboxylic acids is 1. The summed E-state index contributed by atoms with van der Waals surface area (Å²) < 4.78 is 1.41. The van der Waals surface area contributed by atoms with Gasteiger partial charge < -0.3 is 10.6 Å². The topological polar surface area (TPSA) is 82.5 Å². The first-order valence-electron chi connectivity index (χ1n) is 4.15. The van der Waals surface area contributed by atoms with E-state index in [0.717, 1.165) is 5.69 Å². The van der Waals surface area contributed by atoms with Crippen molar-refractivity contribution >= 4 is 23.4 Å². The van der Waals surface area contributed by atoms with Crippen molar-refractivity contribution in [3.63, 3.8) is 0 Å². The van der Waals surface area contributed by atoms with Crippen LogP contribution in [0, 0.1) is 6.92 Å². The van der Waals surface area contributed by atoms with Crippen molar-refractivity contribution in [1.82, 2.24) is 9.78 Å². The SMILES string of the molecule is Cc1cc(C(=O)ON=C(N)CCl)n(C)n1. The molecule has 1 aromatic heterocycles. The molecule has 0 atom stereocenters. The van der Waals surface area contributed by atoms with Gasteiger partial charge >= 0.3 is 5.97 Å². The van der Waals surface area contributed by atoms with E-state index in [1.165, 1.54) is 4.68 Å². The molecule has 0 radical (unpaired) electrons. The Bertz CT molecular complexity index is 399. The summed E-state index contributed by atoms with van der Waals surface area (Å²) in [5.74, 6) is -0.562. The number of rotatable bonds is 3. The first-order chi connectivity index (χ1) is 7.04. The van der Waals surface area contributed by atoms with Crippen LogP contribution in [0.5, 0.6) is 0 Å². The number of nitrogens with two attached hydrogens (primary N) is 1. The first-order valence-corrected chi connectivity index (χ1v) is 4.68. The Morgan fingerprint density at radius 2 is 2.47 bits per heavy atom. The number of oxime groups is 1. The van der Waals surface area contributed by atoms with E-state index in [4.69, 9.17) is 17.3 Å². The van der Waals surface area contributed by atoms with Crippen LogP contribution in [0.15, 0.2) is 11.2 Å². The second-order valence-electron chi connectivity index (χ2n) is 2.89. The average molecular weight is 231 g/mol. The fraction of sp³-hybridized carbons (Fsp3) is 0.375. The van der Waals surface area contributed by atoms with Crippen LogP contribution < -0.4 is 5.73 Å². The molecule has 0 bridgehead atoms. The zero-order valence-corrected chi connectivity index (χ0v) is 9.15. The molecule has 0 aliphatic heterocycles. The van der Waals surface area contributed by atoms with E-state index in [-0.39, 0.29) is 11.7 Å². The molecule has 0 spiro atoms. The molecule has 0 aliphatic rings. The molecule has 0 saturated carbocycles. The Labute approximate surface area is 91.6 Å². The minimum atomic E-state index is -0.619. The van der Waals surface area contributed by atoms with E-state index >= 15 is 0 Å². The van der Waals surface area contributed by atoms with Gasteiger partial charge in [-0.15, -0.1) is 11.6 Å². The Morgan fingerprint density at radius 3 is 2.93 bits per heavy atom. The van der Waals surface area contributed by atoms with E-state index in [9.17, 15) is 4.79 Å². The largest absolute Gasteiger partial charge is 0.383 e. The highest BCUT2D eigenvalue weighted by Gasteiger charge is 2.13. The summed E-state index contributed by atoms with van der Waals surface area (Å²) in [5, 5.41) is 7.33. The van der Waals surface area contributed by atoms with Gasteiger partial charge in [0.15, 0.2) is 5.84 Å². The smallest absolute Gasteiger partial charge is 0.383 e. The Morgan fingerprint density at radius 1 is 1.80 bits per heavy atom. The lowest BCUT2D eigenvalue weighted by molar-refractivity contribution is 0.0502. The summed E-state index contributed by atoms with van der Waals surface area (Å²) in [6.45, 7) is 1.77. The number of amidine groups is 1. The molecular weight excluding hydrogens is 220 g/mol. The third-order valence-corrected chi connectivity index (χ3v) is 1.87. The monoisotopic (exact) mass is 230 g/mol. The van der Waals surface area contributed by atoms with Crippen LogP contribution in [0.25, 0.3) is 0 Å². The maximum Gasteiger partial charge on any atom is 0.383 e. The molecule has 0 aliphatic carbocycles. The van der Waals surface area contributed by atoms with Crippen LogP contribution in [-0.2, 0) is 11.9 Å². The Hall–Kier alpha value is -1.56. The number of aryl methyl sites for hydroxylation is 2. The molecule has 0 saturated heterocycles. The number of nitrogens with zero attached hydrogens (tertiary/aromatic N) is 3. The van der Waals surface area contributed by atoms with E-state index < -0.39 is 5.97 Å². The molecule has 0 amide bonds. The van der Waals surface area contributed by atoms with E-state index in [1.807, 2.05) is 0 Å². The fourth-order valence-corrected chi connectivity index (χ4v) is 1.02. The molecule has 2 N–H and O–H groups in total. The normalized spacial score (nSPS) is 11.5. The highest BCUT2D eigenvalue weighted by Crippen LogP contribution is 2.03. The standard InChI is InChI=1S/C8H11ClN4O2/c1-5-3-6(13(2)11-5)8(14)15-12-7(10)4-9/h3H,4H2,1-2H3,(H2,10,12). The maximum atomic E-state index is 11.4. The van der Waals surface area contributed by atoms with Crippen LogP contribution >= 0.6 is 11.6 Å². The maximum absolute atomic E-state index is 11.4. The second kappa shape index (κ2) is 4.79. The molecule has 1 aromatic rings. The Kier molecular flexibility index (Phi) is 3.68. The highest BCUT2D eigenvalue weighted by atomic mass is 35.5. The van der Waals surface area contributed by atoms with Crippen LogP contribution in [0.2, 0.25) is 0 Å². The third-order valence-electron chi connectivity index (χ3n) is 1.59. The molecule has 82 valence electrons. The average Bonchev–Trinajstić information content (AvgIpc) is 2.53. The predicted molar refractivity (Wildman–Crippen MR) is 55.7 cm³/mol. The molecule has 0 unspecified atom stereocenters. The van der Waals surface area contributed by atoms with E-state index in [0.29, 0.717) is 5.69 Å². The van der Waals surface area contributed by atoms with Crippen molar-refractivity contribution in [2.24, 2.45) is 17.9 Å². The van der Waals surface area contributed by atoms with Crippen molar-refractivity contribution in [3.8, 4) is 0 Å². The highest BCUT2D eigenvalue weighted by molar-refractivity contribution is 6.27. The number of aromatic nitrogens is 2. The zero-order valence-electron chi connectivity index (χ0n) is 8.40. The molecule has 0 fully saturated rings. The van der Waals surface area contributed by atoms with E-state index in [1.54, 1.807) is 20.0 Å². The molecule has 7 heteroatoms. The van der Waals surface area contributed by atoms with Gasteiger partial charge in [-0.2, -0.15) is 5.10 Å². The fourth-order valence-electron chi connectivity index (χ4n) is 0.973. The third kappa shape index (κ3) is 2.95. The molecule has 1 heterocycles.